The fourth-order valence-electron chi connectivity index (χ4n) is 4.06. The third kappa shape index (κ3) is 4.29. The predicted octanol–water partition coefficient (Wildman–Crippen LogP) is 7.16. The maximum atomic E-state index is 2.41. The Kier molecular flexibility index (Phi) is 7.09. The van der Waals surface area contributed by atoms with Crippen molar-refractivity contribution in [3.63, 3.8) is 0 Å². The van der Waals surface area contributed by atoms with Gasteiger partial charge in [-0.1, -0.05) is 102 Å². The summed E-state index contributed by atoms with van der Waals surface area (Å²) >= 11 is 0. The summed E-state index contributed by atoms with van der Waals surface area (Å²) in [5, 5.41) is 0. The monoisotopic (exact) mass is 322 g/mol. The molecule has 1 aliphatic rings. The Hall–Kier alpha value is -1.56. The SMILES string of the molecule is CCC.CCc1ccc(C2(c3ccccc3)CCCC(C)C2)cc1. The summed E-state index contributed by atoms with van der Waals surface area (Å²) in [6.45, 7) is 8.89. The molecular formula is C24H34. The molecule has 0 spiro atoms. The van der Waals surface area contributed by atoms with Crippen molar-refractivity contribution in [2.45, 2.75) is 71.6 Å². The quantitative estimate of drug-likeness (QED) is 0.562. The van der Waals surface area contributed by atoms with E-state index in [9.17, 15) is 0 Å². The fraction of sp³-hybridized carbons (Fsp3) is 0.500. The van der Waals surface area contributed by atoms with Gasteiger partial charge in [0.1, 0.15) is 0 Å². The second-order valence-corrected chi connectivity index (χ2v) is 7.41. The highest BCUT2D eigenvalue weighted by Crippen LogP contribution is 2.46. The van der Waals surface area contributed by atoms with Gasteiger partial charge in [0, 0.05) is 5.41 Å². The first kappa shape index (κ1) is 18.8. The van der Waals surface area contributed by atoms with Crippen LogP contribution in [0.3, 0.4) is 0 Å². The molecule has 3 rings (SSSR count). The Labute approximate surface area is 149 Å². The Morgan fingerprint density at radius 2 is 1.46 bits per heavy atom. The first-order valence-corrected chi connectivity index (χ1v) is 9.81. The van der Waals surface area contributed by atoms with Gasteiger partial charge in [-0.3, -0.25) is 0 Å². The van der Waals surface area contributed by atoms with Crippen molar-refractivity contribution in [3.8, 4) is 0 Å². The summed E-state index contributed by atoms with van der Waals surface area (Å²) in [7, 11) is 0. The van der Waals surface area contributed by atoms with Crippen molar-refractivity contribution in [3.05, 3.63) is 71.3 Å². The van der Waals surface area contributed by atoms with Crippen LogP contribution in [-0.2, 0) is 11.8 Å². The van der Waals surface area contributed by atoms with Gasteiger partial charge in [0.05, 0.1) is 0 Å². The summed E-state index contributed by atoms with van der Waals surface area (Å²) in [6.07, 6.45) is 7.65. The molecule has 1 fully saturated rings. The van der Waals surface area contributed by atoms with Crippen molar-refractivity contribution in [1.82, 2.24) is 0 Å². The van der Waals surface area contributed by atoms with E-state index < -0.39 is 0 Å². The number of hydrogen-bond acceptors (Lipinski definition) is 0. The largest absolute Gasteiger partial charge is 0.0656 e. The Morgan fingerprint density at radius 3 is 2.00 bits per heavy atom. The fourth-order valence-corrected chi connectivity index (χ4v) is 4.06. The van der Waals surface area contributed by atoms with E-state index in [1.54, 1.807) is 0 Å². The third-order valence-electron chi connectivity index (χ3n) is 5.24. The highest BCUT2D eigenvalue weighted by Gasteiger charge is 2.37. The first-order chi connectivity index (χ1) is 11.7. The van der Waals surface area contributed by atoms with E-state index in [0.717, 1.165) is 12.3 Å². The lowest BCUT2D eigenvalue weighted by molar-refractivity contribution is 0.272. The predicted molar refractivity (Wildman–Crippen MR) is 107 cm³/mol. The molecule has 0 heterocycles. The maximum absolute atomic E-state index is 2.41. The summed E-state index contributed by atoms with van der Waals surface area (Å²) in [4.78, 5) is 0. The molecule has 2 aromatic carbocycles. The Morgan fingerprint density at radius 1 is 0.875 bits per heavy atom. The van der Waals surface area contributed by atoms with Gasteiger partial charge in [-0.2, -0.15) is 0 Å². The molecule has 0 nitrogen and oxygen atoms in total. The van der Waals surface area contributed by atoms with E-state index in [4.69, 9.17) is 0 Å². The minimum atomic E-state index is 0.227. The summed E-state index contributed by atoms with van der Waals surface area (Å²) in [6, 6.07) is 20.6. The van der Waals surface area contributed by atoms with Crippen molar-refractivity contribution in [2.24, 2.45) is 5.92 Å². The molecule has 2 aromatic rings. The van der Waals surface area contributed by atoms with Crippen LogP contribution in [0.25, 0.3) is 0 Å². The van der Waals surface area contributed by atoms with Gasteiger partial charge in [-0.25, -0.2) is 0 Å². The van der Waals surface area contributed by atoms with Crippen LogP contribution >= 0.6 is 0 Å². The molecule has 0 bridgehead atoms. The zero-order valence-electron chi connectivity index (χ0n) is 16.0. The van der Waals surface area contributed by atoms with Gasteiger partial charge in [-0.05, 0) is 41.9 Å². The van der Waals surface area contributed by atoms with Crippen LogP contribution in [0.1, 0.15) is 76.5 Å². The zero-order chi connectivity index (χ0) is 17.4. The summed E-state index contributed by atoms with van der Waals surface area (Å²) < 4.78 is 0. The maximum Gasteiger partial charge on any atom is 0.0205 e. The van der Waals surface area contributed by atoms with Crippen LogP contribution in [0.5, 0.6) is 0 Å². The molecule has 0 radical (unpaired) electrons. The third-order valence-corrected chi connectivity index (χ3v) is 5.24. The van der Waals surface area contributed by atoms with E-state index in [2.05, 4.69) is 82.3 Å². The minimum Gasteiger partial charge on any atom is -0.0656 e. The van der Waals surface area contributed by atoms with Gasteiger partial charge < -0.3 is 0 Å². The normalized spacial score (nSPS) is 23.2. The van der Waals surface area contributed by atoms with Crippen LogP contribution in [0, 0.1) is 5.92 Å². The van der Waals surface area contributed by atoms with E-state index >= 15 is 0 Å². The van der Waals surface area contributed by atoms with Crippen LogP contribution in [-0.4, -0.2) is 0 Å². The van der Waals surface area contributed by atoms with Crippen LogP contribution < -0.4 is 0 Å². The Balaban J connectivity index is 0.000000647. The van der Waals surface area contributed by atoms with Crippen molar-refractivity contribution < 1.29 is 0 Å². The zero-order valence-corrected chi connectivity index (χ0v) is 16.0. The van der Waals surface area contributed by atoms with Gasteiger partial charge >= 0.3 is 0 Å². The topological polar surface area (TPSA) is 0 Å². The average Bonchev–Trinajstić information content (AvgIpc) is 2.63. The average molecular weight is 323 g/mol. The van der Waals surface area contributed by atoms with Gasteiger partial charge in [0.25, 0.3) is 0 Å². The van der Waals surface area contributed by atoms with Crippen LogP contribution in [0.2, 0.25) is 0 Å². The van der Waals surface area contributed by atoms with E-state index in [1.165, 1.54) is 48.8 Å². The second-order valence-electron chi connectivity index (χ2n) is 7.41. The lowest BCUT2D eigenvalue weighted by Crippen LogP contribution is -2.33. The number of benzene rings is 2. The number of hydrogen-bond donors (Lipinski definition) is 0. The van der Waals surface area contributed by atoms with E-state index in [-0.39, 0.29) is 5.41 Å². The van der Waals surface area contributed by atoms with E-state index in [1.807, 2.05) is 0 Å². The molecular weight excluding hydrogens is 288 g/mol. The second kappa shape index (κ2) is 9.06. The summed E-state index contributed by atoms with van der Waals surface area (Å²) in [5.74, 6) is 0.810. The lowest BCUT2D eigenvalue weighted by Gasteiger charge is -2.41. The van der Waals surface area contributed by atoms with E-state index in [0.29, 0.717) is 0 Å². The molecule has 1 saturated carbocycles. The molecule has 0 aromatic heterocycles. The highest BCUT2D eigenvalue weighted by molar-refractivity contribution is 5.41. The van der Waals surface area contributed by atoms with Crippen LogP contribution in [0.15, 0.2) is 54.6 Å². The first-order valence-electron chi connectivity index (χ1n) is 9.81. The standard InChI is InChI=1S/C21H26.C3H8/c1-3-18-11-13-20(14-12-18)21(15-7-8-17(2)16-21)19-9-5-4-6-10-19;1-3-2/h4-6,9-14,17H,3,7-8,15-16H2,1-2H3;3H2,1-2H3. The molecule has 0 aliphatic heterocycles. The minimum absolute atomic E-state index is 0.227. The smallest absolute Gasteiger partial charge is 0.0205 e. The van der Waals surface area contributed by atoms with Crippen molar-refractivity contribution >= 4 is 0 Å². The van der Waals surface area contributed by atoms with Gasteiger partial charge in [-0.15, -0.1) is 0 Å². The molecule has 2 unspecified atom stereocenters. The highest BCUT2D eigenvalue weighted by atomic mass is 14.4. The Bertz CT molecular complexity index is 581. The van der Waals surface area contributed by atoms with Crippen molar-refractivity contribution in [1.29, 1.82) is 0 Å². The molecule has 0 amide bonds. The lowest BCUT2D eigenvalue weighted by atomic mass is 9.62. The van der Waals surface area contributed by atoms with Crippen LogP contribution in [0.4, 0.5) is 0 Å². The number of aryl methyl sites for hydroxylation is 1. The molecule has 1 aliphatic carbocycles. The molecule has 2 atom stereocenters. The molecule has 0 heteroatoms. The molecule has 130 valence electrons. The number of rotatable bonds is 3. The molecule has 0 N–H and O–H groups in total. The van der Waals surface area contributed by atoms with Crippen molar-refractivity contribution in [2.75, 3.05) is 0 Å². The van der Waals surface area contributed by atoms with Gasteiger partial charge in [0.2, 0.25) is 0 Å². The van der Waals surface area contributed by atoms with Gasteiger partial charge in [0.15, 0.2) is 0 Å². The summed E-state index contributed by atoms with van der Waals surface area (Å²) in [5.41, 5.74) is 4.68. The molecule has 24 heavy (non-hydrogen) atoms. The molecule has 0 saturated heterocycles.